The number of rotatable bonds is 1. The molecule has 0 aromatic heterocycles. The first-order valence-electron chi connectivity index (χ1n) is 3.26. The van der Waals surface area contributed by atoms with Gasteiger partial charge in [0.25, 0.3) is 0 Å². The van der Waals surface area contributed by atoms with Gasteiger partial charge in [-0.3, -0.25) is 0 Å². The fourth-order valence-corrected chi connectivity index (χ4v) is 1.17. The van der Waals surface area contributed by atoms with Crippen molar-refractivity contribution >= 4 is 7.85 Å². The van der Waals surface area contributed by atoms with E-state index in [0.29, 0.717) is 0 Å². The highest BCUT2D eigenvalue weighted by Gasteiger charge is 2.28. The molecule has 1 heterocycles. The Morgan fingerprint density at radius 3 is 2.67 bits per heavy atom. The molecule has 0 bridgehead atoms. The zero-order valence-corrected chi connectivity index (χ0v) is 5.58. The third-order valence-electron chi connectivity index (χ3n) is 1.67. The van der Waals surface area contributed by atoms with Crippen molar-refractivity contribution in [1.82, 2.24) is 0 Å². The molecule has 0 spiro atoms. The monoisotopic (exact) mass is 129 g/mol. The van der Waals surface area contributed by atoms with E-state index in [-0.39, 0.29) is 24.8 Å². The van der Waals surface area contributed by atoms with Crippen molar-refractivity contribution in [1.29, 1.82) is 0 Å². The van der Waals surface area contributed by atoms with Crippen LogP contribution >= 0.6 is 0 Å². The van der Waals surface area contributed by atoms with E-state index in [1.165, 1.54) is 0 Å². The third kappa shape index (κ3) is 1.44. The number of hydrogen-bond acceptors (Lipinski definition) is 3. The standard InChI is InChI=1S/C5H12BNO2/c6-5-1-3(7)4(2-8)9-5/h3-5,8H,1-2,6-7H2/t3-,4-,5-/m1/s1. The van der Waals surface area contributed by atoms with Gasteiger partial charge in [0.05, 0.1) is 12.7 Å². The summed E-state index contributed by atoms with van der Waals surface area (Å²) >= 11 is 0. The first kappa shape index (κ1) is 7.06. The van der Waals surface area contributed by atoms with E-state index in [1.54, 1.807) is 0 Å². The minimum absolute atomic E-state index is 0.0324. The van der Waals surface area contributed by atoms with Crippen LogP contribution in [0.25, 0.3) is 0 Å². The van der Waals surface area contributed by atoms with Crippen molar-refractivity contribution in [2.45, 2.75) is 24.6 Å². The summed E-state index contributed by atoms with van der Waals surface area (Å²) < 4.78 is 5.25. The number of aliphatic hydroxyl groups is 1. The van der Waals surface area contributed by atoms with Crippen LogP contribution in [0.5, 0.6) is 0 Å². The molecule has 52 valence electrons. The topological polar surface area (TPSA) is 55.5 Å². The van der Waals surface area contributed by atoms with Crippen molar-refractivity contribution < 1.29 is 9.84 Å². The average molecular weight is 129 g/mol. The minimum Gasteiger partial charge on any atom is -0.394 e. The Kier molecular flexibility index (Phi) is 2.11. The lowest BCUT2D eigenvalue weighted by molar-refractivity contribution is 0.0378. The number of aliphatic hydroxyl groups excluding tert-OH is 1. The van der Waals surface area contributed by atoms with Gasteiger partial charge in [-0.2, -0.15) is 0 Å². The fourth-order valence-electron chi connectivity index (χ4n) is 1.17. The molecule has 0 aliphatic carbocycles. The largest absolute Gasteiger partial charge is 0.394 e. The van der Waals surface area contributed by atoms with Crippen LogP contribution in [0.3, 0.4) is 0 Å². The molecule has 3 atom stereocenters. The Balaban J connectivity index is 2.38. The van der Waals surface area contributed by atoms with Crippen LogP contribution in [0.2, 0.25) is 0 Å². The van der Waals surface area contributed by atoms with Crippen LogP contribution < -0.4 is 5.73 Å². The number of hydrogen-bond donors (Lipinski definition) is 2. The van der Waals surface area contributed by atoms with E-state index < -0.39 is 0 Å². The van der Waals surface area contributed by atoms with Gasteiger partial charge in [-0.1, -0.05) is 0 Å². The van der Waals surface area contributed by atoms with Gasteiger partial charge in [0.1, 0.15) is 7.85 Å². The van der Waals surface area contributed by atoms with Crippen LogP contribution in [-0.2, 0) is 4.74 Å². The summed E-state index contributed by atoms with van der Waals surface area (Å²) in [5.74, 6) is 0. The zero-order chi connectivity index (χ0) is 6.85. The molecule has 1 aliphatic heterocycles. The molecule has 1 aliphatic rings. The third-order valence-corrected chi connectivity index (χ3v) is 1.67. The van der Waals surface area contributed by atoms with Crippen molar-refractivity contribution in [3.63, 3.8) is 0 Å². The highest BCUT2D eigenvalue weighted by atomic mass is 16.5. The lowest BCUT2D eigenvalue weighted by Crippen LogP contribution is -2.32. The maximum atomic E-state index is 8.65. The van der Waals surface area contributed by atoms with Gasteiger partial charge >= 0.3 is 0 Å². The van der Waals surface area contributed by atoms with E-state index in [9.17, 15) is 0 Å². The van der Waals surface area contributed by atoms with E-state index in [4.69, 9.17) is 15.6 Å². The molecule has 1 saturated heterocycles. The minimum atomic E-state index is -0.125. The molecule has 9 heavy (non-hydrogen) atoms. The normalized spacial score (nSPS) is 43.6. The molecule has 0 unspecified atom stereocenters. The number of ether oxygens (including phenoxy) is 1. The van der Waals surface area contributed by atoms with Crippen LogP contribution in [0, 0.1) is 0 Å². The Hall–Kier alpha value is -0.0551. The summed E-state index contributed by atoms with van der Waals surface area (Å²) in [5, 5.41) is 8.65. The second-order valence-corrected chi connectivity index (χ2v) is 2.57. The summed E-state index contributed by atoms with van der Waals surface area (Å²) in [6.45, 7) is 0.0471. The van der Waals surface area contributed by atoms with Crippen LogP contribution in [0.15, 0.2) is 0 Å². The van der Waals surface area contributed by atoms with Gasteiger partial charge < -0.3 is 15.6 Å². The summed E-state index contributed by atoms with van der Waals surface area (Å²) in [7, 11) is 1.97. The Labute approximate surface area is 55.6 Å². The fraction of sp³-hybridized carbons (Fsp3) is 1.00. The van der Waals surface area contributed by atoms with Crippen molar-refractivity contribution in [3.8, 4) is 0 Å². The van der Waals surface area contributed by atoms with Crippen LogP contribution in [0.1, 0.15) is 6.42 Å². The molecular weight excluding hydrogens is 117 g/mol. The summed E-state index contributed by atoms with van der Waals surface area (Å²) in [4.78, 5) is 0. The second-order valence-electron chi connectivity index (χ2n) is 2.57. The van der Waals surface area contributed by atoms with Gasteiger partial charge in [-0.25, -0.2) is 0 Å². The Bertz CT molecular complexity index is 101. The molecular formula is C5H12BNO2. The molecule has 3 N–H and O–H groups in total. The first-order valence-corrected chi connectivity index (χ1v) is 3.26. The Morgan fingerprint density at radius 2 is 2.44 bits per heavy atom. The number of nitrogens with two attached hydrogens (primary N) is 1. The average Bonchev–Trinajstić information content (AvgIpc) is 2.10. The maximum Gasteiger partial charge on any atom is 0.139 e. The van der Waals surface area contributed by atoms with E-state index >= 15 is 0 Å². The molecule has 0 saturated carbocycles. The molecule has 4 heteroatoms. The van der Waals surface area contributed by atoms with E-state index in [1.807, 2.05) is 7.85 Å². The van der Waals surface area contributed by atoms with E-state index in [0.717, 1.165) is 6.42 Å². The zero-order valence-electron chi connectivity index (χ0n) is 5.58. The highest BCUT2D eigenvalue weighted by molar-refractivity contribution is 6.11. The summed E-state index contributed by atoms with van der Waals surface area (Å²) in [6, 6.07) is 0.252. The Morgan fingerprint density at radius 1 is 1.78 bits per heavy atom. The maximum absolute atomic E-state index is 8.65. The van der Waals surface area contributed by atoms with Gasteiger partial charge in [0, 0.05) is 12.0 Å². The predicted octanol–water partition coefficient (Wildman–Crippen LogP) is -1.95. The quantitative estimate of drug-likeness (QED) is 0.404. The summed E-state index contributed by atoms with van der Waals surface area (Å²) in [5.41, 5.74) is 5.59. The molecule has 1 rings (SSSR count). The molecule has 0 aromatic rings. The van der Waals surface area contributed by atoms with Gasteiger partial charge in [-0.05, 0) is 6.42 Å². The SMILES string of the molecule is B[C@H]1C[C@@H](N)[C@@H](CO)O1. The molecule has 0 aromatic carbocycles. The van der Waals surface area contributed by atoms with E-state index in [2.05, 4.69) is 0 Å². The van der Waals surface area contributed by atoms with Gasteiger partial charge in [0.2, 0.25) is 0 Å². The predicted molar refractivity (Wildman–Crippen MR) is 36.9 cm³/mol. The van der Waals surface area contributed by atoms with Crippen LogP contribution in [0.4, 0.5) is 0 Å². The molecule has 1 fully saturated rings. The molecule has 3 nitrogen and oxygen atoms in total. The molecule has 0 amide bonds. The van der Waals surface area contributed by atoms with Crippen molar-refractivity contribution in [2.75, 3.05) is 6.61 Å². The van der Waals surface area contributed by atoms with Crippen molar-refractivity contribution in [3.05, 3.63) is 0 Å². The highest BCUT2D eigenvalue weighted by Crippen LogP contribution is 2.15. The van der Waals surface area contributed by atoms with Crippen LogP contribution in [-0.4, -0.2) is 37.7 Å². The smallest absolute Gasteiger partial charge is 0.139 e. The lowest BCUT2D eigenvalue weighted by atomic mass is 9.95. The van der Waals surface area contributed by atoms with Gasteiger partial charge in [-0.15, -0.1) is 0 Å². The second kappa shape index (κ2) is 2.69. The molecule has 0 radical (unpaired) electrons. The lowest BCUT2D eigenvalue weighted by Gasteiger charge is -2.09. The van der Waals surface area contributed by atoms with Gasteiger partial charge in [0.15, 0.2) is 0 Å². The first-order chi connectivity index (χ1) is 4.24. The summed E-state index contributed by atoms with van der Waals surface area (Å²) in [6.07, 6.45) is 0.741. The van der Waals surface area contributed by atoms with Crippen molar-refractivity contribution in [2.24, 2.45) is 5.73 Å².